The Morgan fingerprint density at radius 1 is 1.10 bits per heavy atom. The number of carbonyl (C=O) groups is 2. The first-order valence-corrected chi connectivity index (χ1v) is 9.86. The number of nitrogens with one attached hydrogen (secondary N) is 2. The van der Waals surface area contributed by atoms with Gasteiger partial charge in [0.2, 0.25) is 5.76 Å². The summed E-state index contributed by atoms with van der Waals surface area (Å²) in [4.78, 5) is 31.7. The van der Waals surface area contributed by atoms with Gasteiger partial charge in [0.05, 0.1) is 18.9 Å². The number of carbonyl (C=O) groups excluding carboxylic acids is 2. The zero-order chi connectivity index (χ0) is 20.2. The molecule has 150 valence electrons. The van der Waals surface area contributed by atoms with E-state index in [0.29, 0.717) is 29.5 Å². The minimum atomic E-state index is -0.594. The van der Waals surface area contributed by atoms with E-state index in [1.54, 1.807) is 6.92 Å². The normalized spacial score (nSPS) is 13.9. The van der Waals surface area contributed by atoms with Crippen LogP contribution in [0, 0.1) is 6.92 Å². The molecule has 0 bridgehead atoms. The lowest BCUT2D eigenvalue weighted by Gasteiger charge is -2.25. The maximum Gasteiger partial charge on any atom is 0.308 e. The summed E-state index contributed by atoms with van der Waals surface area (Å²) in [6.07, 6.45) is 0. The Morgan fingerprint density at radius 3 is 2.59 bits per heavy atom. The van der Waals surface area contributed by atoms with E-state index in [-0.39, 0.29) is 5.76 Å². The maximum atomic E-state index is 12.5. The van der Waals surface area contributed by atoms with E-state index in [2.05, 4.69) is 25.9 Å². The molecular formula is C19H19N5O4S. The van der Waals surface area contributed by atoms with Gasteiger partial charge in [-0.3, -0.25) is 20.4 Å². The Kier molecular flexibility index (Phi) is 5.54. The van der Waals surface area contributed by atoms with Crippen LogP contribution < -0.4 is 15.8 Å². The summed E-state index contributed by atoms with van der Waals surface area (Å²) in [6.45, 7) is 4.51. The fourth-order valence-electron chi connectivity index (χ4n) is 2.84. The first-order valence-electron chi connectivity index (χ1n) is 9.05. The summed E-state index contributed by atoms with van der Waals surface area (Å²) in [7, 11) is 0. The Hall–Kier alpha value is -3.24. The molecule has 10 heteroatoms. The topological polar surface area (TPSA) is 110 Å². The molecule has 0 atom stereocenters. The van der Waals surface area contributed by atoms with Crippen LogP contribution in [0.15, 0.2) is 40.9 Å². The first-order chi connectivity index (χ1) is 14.1. The average Bonchev–Trinajstić information content (AvgIpc) is 3.40. The molecule has 0 aliphatic carbocycles. The van der Waals surface area contributed by atoms with E-state index in [9.17, 15) is 9.59 Å². The maximum absolute atomic E-state index is 12.5. The van der Waals surface area contributed by atoms with Crippen LogP contribution in [0.4, 0.5) is 5.13 Å². The molecule has 1 saturated heterocycles. The van der Waals surface area contributed by atoms with E-state index in [0.717, 1.165) is 23.8 Å². The third-order valence-electron chi connectivity index (χ3n) is 4.37. The summed E-state index contributed by atoms with van der Waals surface area (Å²) in [5.74, 6) is -1.03. The van der Waals surface area contributed by atoms with Gasteiger partial charge in [-0.15, -0.1) is 0 Å². The van der Waals surface area contributed by atoms with Crippen molar-refractivity contribution >= 4 is 28.3 Å². The molecule has 0 spiro atoms. The SMILES string of the molecule is Cc1nc(N2CCOCC2)sc1C(=O)NNC(=O)c1cc(-c2ccccc2)no1. The molecule has 29 heavy (non-hydrogen) atoms. The number of aryl methyl sites for hydroxylation is 1. The minimum Gasteiger partial charge on any atom is -0.378 e. The van der Waals surface area contributed by atoms with E-state index in [1.165, 1.54) is 17.4 Å². The van der Waals surface area contributed by atoms with Crippen LogP contribution in [0.3, 0.4) is 0 Å². The largest absolute Gasteiger partial charge is 0.378 e. The van der Waals surface area contributed by atoms with Crippen molar-refractivity contribution in [3.05, 3.63) is 52.7 Å². The Labute approximate surface area is 170 Å². The van der Waals surface area contributed by atoms with E-state index in [1.807, 2.05) is 30.3 Å². The smallest absolute Gasteiger partial charge is 0.308 e. The van der Waals surface area contributed by atoms with Crippen LogP contribution >= 0.6 is 11.3 Å². The molecule has 2 N–H and O–H groups in total. The molecule has 4 rings (SSSR count). The number of nitrogens with zero attached hydrogens (tertiary/aromatic N) is 3. The number of anilines is 1. The molecule has 3 heterocycles. The molecular weight excluding hydrogens is 394 g/mol. The zero-order valence-corrected chi connectivity index (χ0v) is 16.5. The second kappa shape index (κ2) is 8.41. The van der Waals surface area contributed by atoms with Crippen molar-refractivity contribution in [1.29, 1.82) is 0 Å². The average molecular weight is 413 g/mol. The third kappa shape index (κ3) is 4.28. The van der Waals surface area contributed by atoms with E-state index in [4.69, 9.17) is 9.26 Å². The lowest BCUT2D eigenvalue weighted by molar-refractivity contribution is 0.0826. The predicted octanol–water partition coefficient (Wildman–Crippen LogP) is 2.02. The van der Waals surface area contributed by atoms with Gasteiger partial charge in [-0.25, -0.2) is 4.98 Å². The molecule has 2 amide bonds. The van der Waals surface area contributed by atoms with Gasteiger partial charge >= 0.3 is 5.91 Å². The highest BCUT2D eigenvalue weighted by Crippen LogP contribution is 2.26. The van der Waals surface area contributed by atoms with Gasteiger partial charge < -0.3 is 14.2 Å². The van der Waals surface area contributed by atoms with E-state index < -0.39 is 11.8 Å². The van der Waals surface area contributed by atoms with Crippen molar-refractivity contribution in [2.75, 3.05) is 31.2 Å². The number of thiazole rings is 1. The van der Waals surface area contributed by atoms with Crippen molar-refractivity contribution in [2.24, 2.45) is 0 Å². The number of benzene rings is 1. The standard InChI is InChI=1S/C19H19N5O4S/c1-12-16(29-19(20-12)24-7-9-27-10-8-24)18(26)22-21-17(25)15-11-14(23-28-15)13-5-3-2-4-6-13/h2-6,11H,7-10H2,1H3,(H,21,25)(H,22,26). The number of rotatable bonds is 4. The Balaban J connectivity index is 1.38. The highest BCUT2D eigenvalue weighted by atomic mass is 32.1. The van der Waals surface area contributed by atoms with Crippen molar-refractivity contribution < 1.29 is 18.8 Å². The fraction of sp³-hybridized carbons (Fsp3) is 0.263. The van der Waals surface area contributed by atoms with E-state index >= 15 is 0 Å². The molecule has 0 saturated carbocycles. The highest BCUT2D eigenvalue weighted by molar-refractivity contribution is 7.17. The number of hydrazine groups is 1. The number of hydrogen-bond acceptors (Lipinski definition) is 8. The van der Waals surface area contributed by atoms with Crippen LogP contribution in [0.25, 0.3) is 11.3 Å². The quantitative estimate of drug-likeness (QED) is 0.630. The Morgan fingerprint density at radius 2 is 1.83 bits per heavy atom. The molecule has 1 aliphatic heterocycles. The van der Waals surface area contributed by atoms with Crippen LogP contribution in [-0.4, -0.2) is 48.3 Å². The van der Waals surface area contributed by atoms with Crippen molar-refractivity contribution in [3.63, 3.8) is 0 Å². The molecule has 2 aromatic heterocycles. The number of hydrogen-bond donors (Lipinski definition) is 2. The number of aromatic nitrogens is 2. The van der Waals surface area contributed by atoms with Gasteiger partial charge in [-0.2, -0.15) is 0 Å². The summed E-state index contributed by atoms with van der Waals surface area (Å²) >= 11 is 1.28. The second-order valence-electron chi connectivity index (χ2n) is 6.36. The Bertz CT molecular complexity index is 1010. The molecule has 3 aromatic rings. The summed E-state index contributed by atoms with van der Waals surface area (Å²) in [6, 6.07) is 10.9. The van der Waals surface area contributed by atoms with Gasteiger partial charge in [0, 0.05) is 24.7 Å². The van der Waals surface area contributed by atoms with Crippen molar-refractivity contribution in [1.82, 2.24) is 21.0 Å². The lowest BCUT2D eigenvalue weighted by atomic mass is 10.1. The van der Waals surface area contributed by atoms with Gasteiger partial charge in [0.1, 0.15) is 10.6 Å². The third-order valence-corrected chi connectivity index (χ3v) is 5.58. The van der Waals surface area contributed by atoms with Crippen LogP contribution in [-0.2, 0) is 4.74 Å². The monoisotopic (exact) mass is 413 g/mol. The highest BCUT2D eigenvalue weighted by Gasteiger charge is 2.21. The number of ether oxygens (including phenoxy) is 1. The van der Waals surface area contributed by atoms with Crippen LogP contribution in [0.5, 0.6) is 0 Å². The second-order valence-corrected chi connectivity index (χ2v) is 7.34. The molecule has 9 nitrogen and oxygen atoms in total. The molecule has 1 fully saturated rings. The summed E-state index contributed by atoms with van der Waals surface area (Å²) in [5, 5.41) is 4.66. The van der Waals surface area contributed by atoms with Gasteiger partial charge in [-0.05, 0) is 6.92 Å². The fourth-order valence-corrected chi connectivity index (χ4v) is 3.86. The predicted molar refractivity (Wildman–Crippen MR) is 107 cm³/mol. The zero-order valence-electron chi connectivity index (χ0n) is 15.7. The van der Waals surface area contributed by atoms with Gasteiger partial charge in [0.25, 0.3) is 5.91 Å². The summed E-state index contributed by atoms with van der Waals surface area (Å²) in [5.41, 5.74) is 6.73. The van der Waals surface area contributed by atoms with Crippen LogP contribution in [0.2, 0.25) is 0 Å². The first kappa shape index (κ1) is 19.1. The van der Waals surface area contributed by atoms with Crippen LogP contribution in [0.1, 0.15) is 25.9 Å². The van der Waals surface area contributed by atoms with Crippen molar-refractivity contribution in [3.8, 4) is 11.3 Å². The lowest BCUT2D eigenvalue weighted by Crippen LogP contribution is -2.41. The van der Waals surface area contributed by atoms with Crippen molar-refractivity contribution in [2.45, 2.75) is 6.92 Å². The molecule has 1 aliphatic rings. The number of morpholine rings is 1. The molecule has 0 unspecified atom stereocenters. The minimum absolute atomic E-state index is 0.000754. The van der Waals surface area contributed by atoms with Gasteiger partial charge in [-0.1, -0.05) is 46.8 Å². The number of amides is 2. The molecule has 0 radical (unpaired) electrons. The summed E-state index contributed by atoms with van der Waals surface area (Å²) < 4.78 is 10.4. The molecule has 1 aromatic carbocycles. The van der Waals surface area contributed by atoms with Gasteiger partial charge in [0.15, 0.2) is 5.13 Å².